The number of anilines is 1. The molecule has 3 aromatic carbocycles. The third-order valence-electron chi connectivity index (χ3n) is 5.08. The molecule has 0 aliphatic carbocycles. The van der Waals surface area contributed by atoms with Gasteiger partial charge in [0, 0.05) is 39.2 Å². The van der Waals surface area contributed by atoms with Crippen molar-refractivity contribution in [3.8, 4) is 5.69 Å². The van der Waals surface area contributed by atoms with Crippen LogP contribution in [0.2, 0.25) is 5.02 Å². The Morgan fingerprint density at radius 3 is 2.42 bits per heavy atom. The van der Waals surface area contributed by atoms with E-state index >= 15 is 0 Å². The van der Waals surface area contributed by atoms with Crippen molar-refractivity contribution < 1.29 is 9.59 Å². The van der Waals surface area contributed by atoms with Crippen molar-refractivity contribution >= 4 is 40.6 Å². The molecule has 1 N–H and O–H groups in total. The summed E-state index contributed by atoms with van der Waals surface area (Å²) in [5.41, 5.74) is 3.98. The summed E-state index contributed by atoms with van der Waals surface area (Å²) in [4.78, 5) is 25.9. The lowest BCUT2D eigenvalue weighted by Gasteiger charge is -2.01. The Bertz CT molecular complexity index is 1340. The number of benzene rings is 3. The van der Waals surface area contributed by atoms with Gasteiger partial charge in [-0.2, -0.15) is 5.10 Å². The van der Waals surface area contributed by atoms with Crippen LogP contribution in [0, 0.1) is 0 Å². The van der Waals surface area contributed by atoms with Crippen LogP contribution in [0.4, 0.5) is 5.69 Å². The number of ketones is 1. The summed E-state index contributed by atoms with van der Waals surface area (Å²) in [6.45, 7) is 0. The smallest absolute Gasteiger partial charge is 0.256 e. The number of carbonyl (C=O) groups excluding carboxylic acids is 2. The molecule has 0 fully saturated rings. The van der Waals surface area contributed by atoms with Crippen LogP contribution in [0.15, 0.2) is 85.1 Å². The van der Waals surface area contributed by atoms with E-state index in [2.05, 4.69) is 10.4 Å². The number of fused-ring (bicyclic) bond motifs is 1. The molecule has 150 valence electrons. The van der Waals surface area contributed by atoms with E-state index in [4.69, 9.17) is 11.6 Å². The molecule has 6 heteroatoms. The first kappa shape index (κ1) is 19.0. The molecule has 31 heavy (non-hydrogen) atoms. The predicted octanol–water partition coefficient (Wildman–Crippen LogP) is 5.25. The molecule has 1 amide bonds. The highest BCUT2D eigenvalue weighted by atomic mass is 35.5. The van der Waals surface area contributed by atoms with Gasteiger partial charge in [-0.3, -0.25) is 9.59 Å². The fraction of sp³-hybridized carbons (Fsp3) is 0. The van der Waals surface area contributed by atoms with Crippen LogP contribution >= 0.6 is 11.6 Å². The van der Waals surface area contributed by atoms with E-state index in [0.717, 1.165) is 5.69 Å². The van der Waals surface area contributed by atoms with Crippen molar-refractivity contribution in [1.29, 1.82) is 0 Å². The van der Waals surface area contributed by atoms with E-state index in [1.807, 2.05) is 48.5 Å². The molecule has 0 saturated carbocycles. The number of nitrogens with one attached hydrogen (secondary N) is 1. The van der Waals surface area contributed by atoms with Gasteiger partial charge in [0.15, 0.2) is 0 Å². The van der Waals surface area contributed by atoms with Gasteiger partial charge in [0.1, 0.15) is 5.69 Å². The molecule has 0 radical (unpaired) electrons. The molecule has 1 aromatic heterocycles. The van der Waals surface area contributed by atoms with Gasteiger partial charge in [-0.1, -0.05) is 60.1 Å². The van der Waals surface area contributed by atoms with Gasteiger partial charge < -0.3 is 5.32 Å². The molecule has 1 aliphatic rings. The highest BCUT2D eigenvalue weighted by molar-refractivity contribution is 6.37. The lowest BCUT2D eigenvalue weighted by Crippen LogP contribution is -2.06. The Hall–Kier alpha value is -3.96. The second-order valence-corrected chi connectivity index (χ2v) is 7.55. The molecule has 0 saturated heterocycles. The molecule has 5 rings (SSSR count). The number of hydrogen-bond donors (Lipinski definition) is 1. The van der Waals surface area contributed by atoms with Gasteiger partial charge in [-0.15, -0.1) is 0 Å². The number of aromatic nitrogens is 2. The van der Waals surface area contributed by atoms with Crippen LogP contribution in [0.1, 0.15) is 27.2 Å². The third kappa shape index (κ3) is 3.56. The van der Waals surface area contributed by atoms with Crippen molar-refractivity contribution in [2.24, 2.45) is 0 Å². The molecular weight excluding hydrogens is 410 g/mol. The van der Waals surface area contributed by atoms with Gasteiger partial charge >= 0.3 is 0 Å². The Morgan fingerprint density at radius 1 is 0.968 bits per heavy atom. The minimum atomic E-state index is -0.247. The Balaban J connectivity index is 1.67. The predicted molar refractivity (Wildman–Crippen MR) is 121 cm³/mol. The Morgan fingerprint density at radius 2 is 1.68 bits per heavy atom. The molecule has 0 bridgehead atoms. The second kappa shape index (κ2) is 7.70. The number of hydrogen-bond acceptors (Lipinski definition) is 3. The van der Waals surface area contributed by atoms with Crippen molar-refractivity contribution in [3.63, 3.8) is 0 Å². The maximum absolute atomic E-state index is 13.2. The molecule has 0 spiro atoms. The third-order valence-corrected chi connectivity index (χ3v) is 5.31. The van der Waals surface area contributed by atoms with Crippen LogP contribution < -0.4 is 5.32 Å². The van der Waals surface area contributed by atoms with Crippen LogP contribution in [0.5, 0.6) is 0 Å². The Kier molecular flexibility index (Phi) is 4.73. The largest absolute Gasteiger partial charge is 0.321 e. The van der Waals surface area contributed by atoms with Crippen molar-refractivity contribution in [1.82, 2.24) is 9.78 Å². The number of halogens is 1. The molecule has 0 unspecified atom stereocenters. The van der Waals surface area contributed by atoms with E-state index < -0.39 is 0 Å². The molecule has 0 atom stereocenters. The zero-order valence-corrected chi connectivity index (χ0v) is 17.0. The van der Waals surface area contributed by atoms with E-state index in [1.54, 1.807) is 47.3 Å². The lowest BCUT2D eigenvalue weighted by atomic mass is 10.0. The summed E-state index contributed by atoms with van der Waals surface area (Å²) < 4.78 is 1.65. The molecular formula is C25H16ClN3O2. The first-order valence-electron chi connectivity index (χ1n) is 9.68. The fourth-order valence-electron chi connectivity index (χ4n) is 3.57. The zero-order chi connectivity index (χ0) is 21.4. The normalized spacial score (nSPS) is 13.8. The monoisotopic (exact) mass is 425 g/mol. The lowest BCUT2D eigenvalue weighted by molar-refractivity contribution is -0.110. The first-order valence-corrected chi connectivity index (χ1v) is 10.1. The van der Waals surface area contributed by atoms with Gasteiger partial charge in [0.25, 0.3) is 5.91 Å². The van der Waals surface area contributed by atoms with Crippen molar-refractivity contribution in [2.75, 3.05) is 5.32 Å². The van der Waals surface area contributed by atoms with Crippen LogP contribution in [-0.4, -0.2) is 21.5 Å². The van der Waals surface area contributed by atoms with Gasteiger partial charge in [0.05, 0.1) is 5.69 Å². The van der Waals surface area contributed by atoms with Crippen LogP contribution in [0.3, 0.4) is 0 Å². The topological polar surface area (TPSA) is 64.0 Å². The highest BCUT2D eigenvalue weighted by Crippen LogP contribution is 2.35. The molecule has 2 heterocycles. The summed E-state index contributed by atoms with van der Waals surface area (Å²) >= 11 is 6.15. The number of amides is 1. The summed E-state index contributed by atoms with van der Waals surface area (Å²) in [5.74, 6) is -0.463. The van der Waals surface area contributed by atoms with E-state index in [0.29, 0.717) is 33.0 Å². The molecule has 1 aliphatic heterocycles. The van der Waals surface area contributed by atoms with Gasteiger partial charge in [0.2, 0.25) is 5.78 Å². The summed E-state index contributed by atoms with van der Waals surface area (Å²) in [7, 11) is 0. The quantitative estimate of drug-likeness (QED) is 0.359. The standard InChI is InChI=1S/C25H16ClN3O2/c26-18-11-12-22-20(14-18)21(25(31)27-22)13-17-15-29(19-9-5-2-6-10-19)28-23(17)24(30)16-7-3-1-4-8-16/h1-15H,(H,27,31). The maximum atomic E-state index is 13.2. The van der Waals surface area contributed by atoms with Crippen molar-refractivity contribution in [2.45, 2.75) is 0 Å². The van der Waals surface area contributed by atoms with Crippen LogP contribution in [-0.2, 0) is 4.79 Å². The average Bonchev–Trinajstić information content (AvgIpc) is 3.36. The summed E-state index contributed by atoms with van der Waals surface area (Å²) in [5, 5.41) is 7.93. The fourth-order valence-corrected chi connectivity index (χ4v) is 3.74. The maximum Gasteiger partial charge on any atom is 0.256 e. The van der Waals surface area contributed by atoms with Crippen LogP contribution in [0.25, 0.3) is 17.3 Å². The number of rotatable bonds is 4. The van der Waals surface area contributed by atoms with E-state index in [-0.39, 0.29) is 17.4 Å². The average molecular weight is 426 g/mol. The molecule has 5 nitrogen and oxygen atoms in total. The molecule has 4 aromatic rings. The second-order valence-electron chi connectivity index (χ2n) is 7.11. The van der Waals surface area contributed by atoms with Gasteiger partial charge in [-0.25, -0.2) is 4.68 Å². The van der Waals surface area contributed by atoms with Crippen molar-refractivity contribution in [3.05, 3.63) is 112 Å². The number of para-hydroxylation sites is 1. The highest BCUT2D eigenvalue weighted by Gasteiger charge is 2.26. The van der Waals surface area contributed by atoms with Gasteiger partial charge in [-0.05, 0) is 36.4 Å². The van der Waals surface area contributed by atoms with E-state index in [9.17, 15) is 9.59 Å². The summed E-state index contributed by atoms with van der Waals surface area (Å²) in [6.07, 6.45) is 3.45. The SMILES string of the molecule is O=C1Nc2ccc(Cl)cc2C1=Cc1cn(-c2ccccc2)nc1C(=O)c1ccccc1. The zero-order valence-electron chi connectivity index (χ0n) is 16.2. The number of nitrogens with zero attached hydrogens (tertiary/aromatic N) is 2. The summed E-state index contributed by atoms with van der Waals surface area (Å²) in [6, 6.07) is 23.7. The number of carbonyl (C=O) groups is 2. The minimum absolute atomic E-state index is 0.216. The Labute approximate surface area is 183 Å². The van der Waals surface area contributed by atoms with E-state index in [1.165, 1.54) is 0 Å². The first-order chi connectivity index (χ1) is 15.1. The minimum Gasteiger partial charge on any atom is -0.321 e.